The minimum atomic E-state index is -1.19. The van der Waals surface area contributed by atoms with Crippen molar-refractivity contribution in [1.82, 2.24) is 0 Å². The molecule has 0 aliphatic carbocycles. The number of nitrogens with zero attached hydrogens (tertiary/aromatic N) is 1. The summed E-state index contributed by atoms with van der Waals surface area (Å²) in [6.45, 7) is 1.90. The van der Waals surface area contributed by atoms with E-state index in [2.05, 4.69) is 0 Å². The highest BCUT2D eigenvalue weighted by molar-refractivity contribution is 6.51. The first-order valence-corrected chi connectivity index (χ1v) is 10.3. The summed E-state index contributed by atoms with van der Waals surface area (Å²) in [5.74, 6) is -3.39. The van der Waals surface area contributed by atoms with E-state index in [0.717, 1.165) is 4.90 Å². The van der Waals surface area contributed by atoms with Crippen LogP contribution in [0.4, 0.5) is 10.1 Å². The third-order valence-corrected chi connectivity index (χ3v) is 5.35. The molecule has 1 aliphatic heterocycles. The Morgan fingerprint density at radius 3 is 2.21 bits per heavy atom. The largest absolute Gasteiger partial charge is 0.507 e. The number of carbonyl (C=O) groups is 3. The molecule has 1 fully saturated rings. The van der Waals surface area contributed by atoms with Gasteiger partial charge in [-0.05, 0) is 37.3 Å². The van der Waals surface area contributed by atoms with E-state index in [9.17, 15) is 23.9 Å². The van der Waals surface area contributed by atoms with Crippen LogP contribution in [-0.2, 0) is 14.3 Å². The van der Waals surface area contributed by atoms with Gasteiger partial charge in [-0.2, -0.15) is 0 Å². The number of halogens is 1. The number of amides is 1. The van der Waals surface area contributed by atoms with E-state index in [0.29, 0.717) is 5.56 Å². The number of hydrogen-bond donors (Lipinski definition) is 1. The van der Waals surface area contributed by atoms with Crippen molar-refractivity contribution in [3.63, 3.8) is 0 Å². The van der Waals surface area contributed by atoms with Gasteiger partial charge < -0.3 is 9.84 Å². The molecule has 6 nitrogen and oxygen atoms in total. The smallest absolute Gasteiger partial charge is 0.338 e. The van der Waals surface area contributed by atoms with Crippen LogP contribution in [0.3, 0.4) is 0 Å². The summed E-state index contributed by atoms with van der Waals surface area (Å²) in [6, 6.07) is 18.7. The fourth-order valence-electron chi connectivity index (χ4n) is 3.81. The molecular weight excluding hydrogens is 425 g/mol. The fraction of sp³-hybridized carbons (Fsp3) is 0.115. The molecule has 0 radical (unpaired) electrons. The Morgan fingerprint density at radius 1 is 0.939 bits per heavy atom. The van der Waals surface area contributed by atoms with Gasteiger partial charge in [0.25, 0.3) is 11.7 Å². The molecule has 0 bridgehead atoms. The number of ether oxygens (including phenoxy) is 1. The topological polar surface area (TPSA) is 83.9 Å². The van der Waals surface area contributed by atoms with Crippen LogP contribution < -0.4 is 4.90 Å². The molecule has 3 aromatic carbocycles. The Balaban J connectivity index is 1.88. The van der Waals surface area contributed by atoms with Crippen LogP contribution >= 0.6 is 0 Å². The van der Waals surface area contributed by atoms with Crippen LogP contribution in [0.5, 0.6) is 0 Å². The molecule has 166 valence electrons. The summed E-state index contributed by atoms with van der Waals surface area (Å²) < 4.78 is 19.8. The Hall–Kier alpha value is -4.26. The number of carbonyl (C=O) groups excluding carboxylic acids is 3. The first kappa shape index (κ1) is 22.0. The second-order valence-corrected chi connectivity index (χ2v) is 7.32. The van der Waals surface area contributed by atoms with E-state index in [4.69, 9.17) is 4.74 Å². The number of aliphatic hydroxyl groups is 1. The lowest BCUT2D eigenvalue weighted by atomic mass is 9.94. The normalized spacial score (nSPS) is 17.3. The predicted molar refractivity (Wildman–Crippen MR) is 120 cm³/mol. The van der Waals surface area contributed by atoms with Gasteiger partial charge in [0, 0.05) is 16.8 Å². The van der Waals surface area contributed by atoms with Gasteiger partial charge in [-0.1, -0.05) is 48.5 Å². The number of Topliss-reactive ketones (excluding diaryl/α,β-unsaturated/α-hetero) is 1. The molecule has 1 atom stereocenters. The summed E-state index contributed by atoms with van der Waals surface area (Å²) >= 11 is 0. The van der Waals surface area contributed by atoms with Gasteiger partial charge in [0.05, 0.1) is 23.8 Å². The van der Waals surface area contributed by atoms with Crippen molar-refractivity contribution in [1.29, 1.82) is 0 Å². The van der Waals surface area contributed by atoms with Crippen molar-refractivity contribution in [3.05, 3.63) is 107 Å². The van der Waals surface area contributed by atoms with Gasteiger partial charge in [-0.15, -0.1) is 0 Å². The van der Waals surface area contributed by atoms with E-state index in [1.807, 2.05) is 0 Å². The van der Waals surface area contributed by atoms with E-state index in [1.165, 1.54) is 42.5 Å². The van der Waals surface area contributed by atoms with E-state index < -0.39 is 35.3 Å². The number of aliphatic hydroxyl groups excluding tert-OH is 1. The standard InChI is InChI=1S/C26H20FNO5/c1-2-33-26(32)17-12-14-18(15-13-17)28-22(19-10-6-7-11-20(19)27)21(24(30)25(28)31)23(29)16-8-4-3-5-9-16/h3-15,22,29H,2H2,1H3/t22-/m1/s1. The molecule has 3 aromatic rings. The van der Waals surface area contributed by atoms with Crippen molar-refractivity contribution >= 4 is 29.1 Å². The zero-order chi connectivity index (χ0) is 23.5. The lowest BCUT2D eigenvalue weighted by Gasteiger charge is -2.25. The van der Waals surface area contributed by atoms with E-state index >= 15 is 0 Å². The van der Waals surface area contributed by atoms with E-state index in [1.54, 1.807) is 43.3 Å². The fourth-order valence-corrected chi connectivity index (χ4v) is 3.81. The van der Waals surface area contributed by atoms with Gasteiger partial charge in [0.1, 0.15) is 11.6 Å². The summed E-state index contributed by atoms with van der Waals surface area (Å²) in [7, 11) is 0. The number of anilines is 1. The van der Waals surface area contributed by atoms with Crippen LogP contribution in [0, 0.1) is 5.82 Å². The summed E-state index contributed by atoms with van der Waals surface area (Å²) in [5.41, 5.74) is 0.707. The Kier molecular flexibility index (Phi) is 6.04. The highest BCUT2D eigenvalue weighted by atomic mass is 19.1. The van der Waals surface area contributed by atoms with Crippen molar-refractivity contribution in [2.75, 3.05) is 11.5 Å². The van der Waals surface area contributed by atoms with Crippen molar-refractivity contribution in [2.24, 2.45) is 0 Å². The Morgan fingerprint density at radius 2 is 1.58 bits per heavy atom. The van der Waals surface area contributed by atoms with Crippen LogP contribution in [0.15, 0.2) is 84.4 Å². The van der Waals surface area contributed by atoms with Gasteiger partial charge in [-0.3, -0.25) is 14.5 Å². The molecule has 1 N–H and O–H groups in total. The molecule has 0 spiro atoms. The third-order valence-electron chi connectivity index (χ3n) is 5.35. The first-order chi connectivity index (χ1) is 15.9. The lowest BCUT2D eigenvalue weighted by Crippen LogP contribution is -2.29. The predicted octanol–water partition coefficient (Wildman–Crippen LogP) is 4.63. The minimum Gasteiger partial charge on any atom is -0.507 e. The number of ketones is 1. The first-order valence-electron chi connectivity index (χ1n) is 10.3. The average Bonchev–Trinajstić information content (AvgIpc) is 3.10. The number of rotatable bonds is 5. The second-order valence-electron chi connectivity index (χ2n) is 7.32. The molecular formula is C26H20FNO5. The highest BCUT2D eigenvalue weighted by Gasteiger charge is 2.47. The Bertz CT molecular complexity index is 1250. The summed E-state index contributed by atoms with van der Waals surface area (Å²) in [4.78, 5) is 39.2. The zero-order valence-electron chi connectivity index (χ0n) is 17.7. The molecule has 1 aliphatic rings. The highest BCUT2D eigenvalue weighted by Crippen LogP contribution is 2.42. The number of esters is 1. The molecule has 1 saturated heterocycles. The maximum absolute atomic E-state index is 14.9. The zero-order valence-corrected chi connectivity index (χ0v) is 17.7. The van der Waals surface area contributed by atoms with E-state index in [-0.39, 0.29) is 29.0 Å². The quantitative estimate of drug-likeness (QED) is 0.268. The number of hydrogen-bond acceptors (Lipinski definition) is 5. The molecule has 0 saturated carbocycles. The molecule has 0 aromatic heterocycles. The minimum absolute atomic E-state index is 0.0589. The van der Waals surface area contributed by atoms with Gasteiger partial charge in [-0.25, -0.2) is 9.18 Å². The van der Waals surface area contributed by atoms with Crippen molar-refractivity contribution in [3.8, 4) is 0 Å². The van der Waals surface area contributed by atoms with Crippen molar-refractivity contribution in [2.45, 2.75) is 13.0 Å². The van der Waals surface area contributed by atoms with Gasteiger partial charge >= 0.3 is 5.97 Å². The van der Waals surface area contributed by atoms with Crippen molar-refractivity contribution < 1.29 is 28.6 Å². The Labute approximate surface area is 189 Å². The van der Waals surface area contributed by atoms with Crippen LogP contribution in [0.25, 0.3) is 5.76 Å². The lowest BCUT2D eigenvalue weighted by molar-refractivity contribution is -0.132. The molecule has 4 rings (SSSR count). The monoisotopic (exact) mass is 445 g/mol. The van der Waals surface area contributed by atoms with Crippen LogP contribution in [-0.4, -0.2) is 29.4 Å². The SMILES string of the molecule is CCOC(=O)c1ccc(N2C(=O)C(=O)C(=C(O)c3ccccc3)[C@H]2c2ccccc2F)cc1. The van der Waals surface area contributed by atoms with Gasteiger partial charge in [0.2, 0.25) is 0 Å². The average molecular weight is 445 g/mol. The second kappa shape index (κ2) is 9.08. The van der Waals surface area contributed by atoms with Gasteiger partial charge in [0.15, 0.2) is 0 Å². The molecule has 1 amide bonds. The van der Waals surface area contributed by atoms with Crippen LogP contribution in [0.1, 0.15) is 34.5 Å². The molecule has 7 heteroatoms. The van der Waals surface area contributed by atoms with Crippen LogP contribution in [0.2, 0.25) is 0 Å². The molecule has 33 heavy (non-hydrogen) atoms. The third kappa shape index (κ3) is 4.01. The number of benzene rings is 3. The summed E-state index contributed by atoms with van der Waals surface area (Å²) in [5, 5.41) is 11.0. The maximum Gasteiger partial charge on any atom is 0.338 e. The molecule has 0 unspecified atom stereocenters. The maximum atomic E-state index is 14.9. The summed E-state index contributed by atoms with van der Waals surface area (Å²) in [6.07, 6.45) is 0. The molecule has 1 heterocycles.